The van der Waals surface area contributed by atoms with Gasteiger partial charge in [-0.2, -0.15) is 0 Å². The van der Waals surface area contributed by atoms with Crippen molar-refractivity contribution in [2.75, 3.05) is 18.5 Å². The van der Waals surface area contributed by atoms with Crippen molar-refractivity contribution in [3.8, 4) is 0 Å². The third-order valence-corrected chi connectivity index (χ3v) is 4.72. The quantitative estimate of drug-likeness (QED) is 0.798. The number of carbonyl (C=O) groups excluding carboxylic acids is 1. The number of amides is 1. The van der Waals surface area contributed by atoms with E-state index in [-0.39, 0.29) is 6.09 Å². The van der Waals surface area contributed by atoms with E-state index < -0.39 is 5.60 Å². The fraction of sp³-hybridized carbons (Fsp3) is 0.588. The number of nitrogens with zero attached hydrogens (tertiary/aromatic N) is 2. The van der Waals surface area contributed by atoms with Crippen LogP contribution in [0.15, 0.2) is 22.7 Å². The molecule has 5 nitrogen and oxygen atoms in total. The molecule has 0 bridgehead atoms. The van der Waals surface area contributed by atoms with Crippen LogP contribution in [0.5, 0.6) is 0 Å². The molecule has 0 saturated carbocycles. The highest BCUT2D eigenvalue weighted by Gasteiger charge is 2.32. The molecule has 0 unspecified atom stereocenters. The zero-order valence-corrected chi connectivity index (χ0v) is 15.5. The Morgan fingerprint density at radius 3 is 2.65 bits per heavy atom. The second-order valence-corrected chi connectivity index (χ2v) is 8.16. The summed E-state index contributed by atoms with van der Waals surface area (Å²) in [4.78, 5) is 13.9. The highest BCUT2D eigenvalue weighted by Crippen LogP contribution is 2.31. The Hall–Kier alpha value is -1.27. The van der Waals surface area contributed by atoms with Gasteiger partial charge in [0.2, 0.25) is 0 Å². The largest absolute Gasteiger partial charge is 0.444 e. The molecule has 1 saturated heterocycles. The number of carbonyl (C=O) groups is 1. The van der Waals surface area contributed by atoms with E-state index in [1.165, 1.54) is 11.3 Å². The molecule has 1 aromatic carbocycles. The van der Waals surface area contributed by atoms with Crippen molar-refractivity contribution in [3.63, 3.8) is 0 Å². The molecule has 0 aliphatic carbocycles. The van der Waals surface area contributed by atoms with Gasteiger partial charge in [0.15, 0.2) is 0 Å². The van der Waals surface area contributed by atoms with Crippen LogP contribution in [0.1, 0.15) is 39.2 Å². The third kappa shape index (κ3) is 3.98. The summed E-state index contributed by atoms with van der Waals surface area (Å²) in [7, 11) is 0. The average Bonchev–Trinajstić information content (AvgIpc) is 2.88. The minimum atomic E-state index is -0.431. The van der Waals surface area contributed by atoms with Gasteiger partial charge >= 0.3 is 6.09 Å². The lowest BCUT2D eigenvalue weighted by atomic mass is 10.0. The Morgan fingerprint density at radius 2 is 2.00 bits per heavy atom. The van der Waals surface area contributed by atoms with Crippen LogP contribution in [0.4, 0.5) is 10.5 Å². The maximum atomic E-state index is 12.1. The van der Waals surface area contributed by atoms with Crippen molar-refractivity contribution in [1.82, 2.24) is 9.91 Å². The van der Waals surface area contributed by atoms with Gasteiger partial charge in [-0.05, 0) is 57.4 Å². The van der Waals surface area contributed by atoms with Crippen LogP contribution >= 0.6 is 15.9 Å². The second-order valence-electron chi connectivity index (χ2n) is 7.24. The summed E-state index contributed by atoms with van der Waals surface area (Å²) >= 11 is 3.52. The van der Waals surface area contributed by atoms with Crippen molar-refractivity contribution in [3.05, 3.63) is 28.2 Å². The number of nitrogens with one attached hydrogen (secondary N) is 1. The Labute approximate surface area is 146 Å². The predicted molar refractivity (Wildman–Crippen MR) is 94.1 cm³/mol. The highest BCUT2D eigenvalue weighted by molar-refractivity contribution is 9.10. The molecule has 126 valence electrons. The summed E-state index contributed by atoms with van der Waals surface area (Å²) in [5, 5.41) is 2.30. The SMILES string of the molecule is CC(C)(C)OC(=O)N1CCC(N2Cc3cc(Br)ccc3N2)CC1. The standard InChI is InChI=1S/C17H24BrN3O2/c1-17(2,3)23-16(22)20-8-6-14(7-9-20)21-11-12-10-13(18)4-5-15(12)19-21/h4-5,10,14,19H,6-9,11H2,1-3H3. The molecule has 1 fully saturated rings. The number of fused-ring (bicyclic) bond motifs is 1. The van der Waals surface area contributed by atoms with Crippen LogP contribution in [0.3, 0.4) is 0 Å². The lowest BCUT2D eigenvalue weighted by Gasteiger charge is -2.37. The van der Waals surface area contributed by atoms with E-state index in [1.54, 1.807) is 0 Å². The smallest absolute Gasteiger partial charge is 0.410 e. The molecule has 23 heavy (non-hydrogen) atoms. The first kappa shape index (κ1) is 16.6. The van der Waals surface area contributed by atoms with Gasteiger partial charge in [-0.25, -0.2) is 9.80 Å². The summed E-state index contributed by atoms with van der Waals surface area (Å²) in [6.07, 6.45) is 1.72. The summed E-state index contributed by atoms with van der Waals surface area (Å²) in [6.45, 7) is 8.12. The fourth-order valence-electron chi connectivity index (χ4n) is 3.09. The molecule has 1 aromatic rings. The van der Waals surface area contributed by atoms with Crippen LogP contribution in [0.2, 0.25) is 0 Å². The number of rotatable bonds is 1. The average molecular weight is 382 g/mol. The summed E-state index contributed by atoms with van der Waals surface area (Å²) in [6, 6.07) is 6.77. The highest BCUT2D eigenvalue weighted by atomic mass is 79.9. The number of hydrogen-bond donors (Lipinski definition) is 1. The van der Waals surface area contributed by atoms with Gasteiger partial charge in [0, 0.05) is 30.1 Å². The van der Waals surface area contributed by atoms with E-state index in [4.69, 9.17) is 4.74 Å². The van der Waals surface area contributed by atoms with Crippen LogP contribution in [0, 0.1) is 0 Å². The van der Waals surface area contributed by atoms with Crippen molar-refractivity contribution in [1.29, 1.82) is 0 Å². The number of piperidine rings is 1. The van der Waals surface area contributed by atoms with Gasteiger partial charge in [-0.1, -0.05) is 15.9 Å². The molecule has 0 aromatic heterocycles. The van der Waals surface area contributed by atoms with Gasteiger partial charge < -0.3 is 15.1 Å². The predicted octanol–water partition coefficient (Wildman–Crippen LogP) is 3.99. The molecule has 1 N–H and O–H groups in total. The molecule has 1 amide bonds. The van der Waals surface area contributed by atoms with Crippen molar-refractivity contribution in [2.24, 2.45) is 0 Å². The number of hydrogen-bond acceptors (Lipinski definition) is 4. The maximum absolute atomic E-state index is 12.1. The Kier molecular flexibility index (Phi) is 4.56. The van der Waals surface area contributed by atoms with E-state index in [0.29, 0.717) is 6.04 Å². The summed E-state index contributed by atoms with van der Waals surface area (Å²) in [5.74, 6) is 0. The normalized spacial score (nSPS) is 19.4. The van der Waals surface area contributed by atoms with Crippen molar-refractivity contribution in [2.45, 2.75) is 51.8 Å². The number of hydrazine groups is 1. The summed E-state index contributed by atoms with van der Waals surface area (Å²) < 4.78 is 6.57. The van der Waals surface area contributed by atoms with E-state index in [9.17, 15) is 4.79 Å². The second kappa shape index (κ2) is 6.32. The van der Waals surface area contributed by atoms with Crippen molar-refractivity contribution < 1.29 is 9.53 Å². The van der Waals surface area contributed by atoms with Gasteiger partial charge in [0.05, 0.1) is 5.69 Å². The number of halogens is 1. The van der Waals surface area contributed by atoms with Crippen molar-refractivity contribution >= 4 is 27.7 Å². The molecule has 6 heteroatoms. The van der Waals surface area contributed by atoms with Gasteiger partial charge in [0.25, 0.3) is 0 Å². The van der Waals surface area contributed by atoms with Gasteiger partial charge in [-0.15, -0.1) is 0 Å². The minimum Gasteiger partial charge on any atom is -0.444 e. The van der Waals surface area contributed by atoms with E-state index in [0.717, 1.165) is 36.9 Å². The molecule has 2 heterocycles. The Bertz CT molecular complexity index is 592. The molecule has 0 spiro atoms. The first-order valence-corrected chi connectivity index (χ1v) is 8.91. The topological polar surface area (TPSA) is 44.8 Å². The molecule has 3 rings (SSSR count). The molecule has 2 aliphatic rings. The molecule has 0 atom stereocenters. The zero-order valence-electron chi connectivity index (χ0n) is 13.9. The minimum absolute atomic E-state index is 0.197. The van der Waals surface area contributed by atoms with E-state index in [2.05, 4.69) is 44.6 Å². The van der Waals surface area contributed by atoms with Gasteiger partial charge in [0.1, 0.15) is 5.60 Å². The molecule has 2 aliphatic heterocycles. The number of anilines is 1. The monoisotopic (exact) mass is 381 g/mol. The van der Waals surface area contributed by atoms with Gasteiger partial charge in [-0.3, -0.25) is 0 Å². The number of likely N-dealkylation sites (tertiary alicyclic amines) is 1. The number of ether oxygens (including phenoxy) is 1. The van der Waals surface area contributed by atoms with E-state index >= 15 is 0 Å². The van der Waals surface area contributed by atoms with E-state index in [1.807, 2.05) is 25.7 Å². The van der Waals surface area contributed by atoms with Crippen LogP contribution in [-0.4, -0.2) is 40.7 Å². The lowest BCUT2D eigenvalue weighted by Crippen LogP contribution is -2.48. The first-order valence-electron chi connectivity index (χ1n) is 8.11. The first-order chi connectivity index (χ1) is 10.8. The Morgan fingerprint density at radius 1 is 1.30 bits per heavy atom. The maximum Gasteiger partial charge on any atom is 0.410 e. The Balaban J connectivity index is 1.53. The number of benzene rings is 1. The lowest BCUT2D eigenvalue weighted by molar-refractivity contribution is 0.0156. The fourth-order valence-corrected chi connectivity index (χ4v) is 3.50. The molecular weight excluding hydrogens is 358 g/mol. The summed E-state index contributed by atoms with van der Waals surface area (Å²) in [5.41, 5.74) is 5.56. The van der Waals surface area contributed by atoms with Crippen LogP contribution < -0.4 is 5.43 Å². The zero-order chi connectivity index (χ0) is 16.6. The molecular formula is C17H24BrN3O2. The van der Waals surface area contributed by atoms with Crippen LogP contribution in [0.25, 0.3) is 0 Å². The van der Waals surface area contributed by atoms with Crippen LogP contribution in [-0.2, 0) is 11.3 Å². The molecule has 0 radical (unpaired) electrons. The third-order valence-electron chi connectivity index (χ3n) is 4.23.